The van der Waals surface area contributed by atoms with E-state index in [2.05, 4.69) is 87.8 Å². The number of fused-ring (bicyclic) bond motifs is 3. The Hall–Kier alpha value is -6.63. The molecule has 1 unspecified atom stereocenters. The largest absolute Gasteiger partial charge is 0.497 e. The molecular formula is C64H87BrN6O11. The van der Waals surface area contributed by atoms with Gasteiger partial charge >= 0.3 is 12.1 Å². The first-order chi connectivity index (χ1) is 39.7. The highest BCUT2D eigenvalue weighted by Gasteiger charge is 2.58. The zero-order valence-electron chi connectivity index (χ0n) is 50.4. The average molecular weight is 1200 g/mol. The number of alkyl halides is 1. The summed E-state index contributed by atoms with van der Waals surface area (Å²) < 4.78 is 44.0. The molecule has 4 fully saturated rings. The van der Waals surface area contributed by atoms with E-state index in [4.69, 9.17) is 37.9 Å². The number of allylic oxidation sites excluding steroid dienone is 3. The van der Waals surface area contributed by atoms with Gasteiger partial charge in [-0.15, -0.1) is 0 Å². The summed E-state index contributed by atoms with van der Waals surface area (Å²) in [5.41, 5.74) is 5.36. The summed E-state index contributed by atoms with van der Waals surface area (Å²) in [5.74, 6) is 5.97. The number of nitrogens with zero attached hydrogens (tertiary/aromatic N) is 6. The Morgan fingerprint density at radius 3 is 1.34 bits per heavy atom. The Labute approximate surface area is 495 Å². The van der Waals surface area contributed by atoms with Gasteiger partial charge in [0.05, 0.1) is 75.5 Å². The Morgan fingerprint density at radius 2 is 0.951 bits per heavy atom. The van der Waals surface area contributed by atoms with E-state index in [0.717, 1.165) is 120 Å². The molecule has 0 aliphatic carbocycles. The lowest BCUT2D eigenvalue weighted by Gasteiger charge is -2.44. The number of likely N-dealkylation sites (tertiary alicyclic amines) is 2. The van der Waals surface area contributed by atoms with Gasteiger partial charge in [-0.2, -0.15) is 0 Å². The van der Waals surface area contributed by atoms with Gasteiger partial charge in [-0.25, -0.2) is 9.59 Å². The monoisotopic (exact) mass is 1190 g/mol. The van der Waals surface area contributed by atoms with Gasteiger partial charge in [-0.1, -0.05) is 54.4 Å². The average Bonchev–Trinajstić information content (AvgIpc) is 2.77. The van der Waals surface area contributed by atoms with Crippen molar-refractivity contribution in [3.8, 4) is 46.0 Å². The van der Waals surface area contributed by atoms with E-state index in [-0.39, 0.29) is 36.0 Å². The second-order valence-electron chi connectivity index (χ2n) is 21.2. The van der Waals surface area contributed by atoms with Gasteiger partial charge in [0.2, 0.25) is 0 Å². The van der Waals surface area contributed by atoms with Crippen LogP contribution in [-0.2, 0) is 31.0 Å². The van der Waals surface area contributed by atoms with Crippen molar-refractivity contribution in [3.05, 3.63) is 118 Å². The van der Waals surface area contributed by atoms with Crippen molar-refractivity contribution in [2.24, 2.45) is 0 Å². The van der Waals surface area contributed by atoms with Crippen molar-refractivity contribution in [1.82, 2.24) is 29.4 Å². The number of methoxy groups -OCH3 is 8. The molecule has 0 aromatic heterocycles. The maximum Gasteiger partial charge on any atom is 0.327 e. The number of carbonyl (C=O) groups is 3. The van der Waals surface area contributed by atoms with Gasteiger partial charge in [-0.3, -0.25) is 24.4 Å². The lowest BCUT2D eigenvalue weighted by atomic mass is 9.81. The normalized spacial score (nSPS) is 18.3. The summed E-state index contributed by atoms with van der Waals surface area (Å²) in [4.78, 5) is 53.2. The van der Waals surface area contributed by atoms with Gasteiger partial charge in [-0.05, 0) is 117 Å². The first-order valence-corrected chi connectivity index (χ1v) is 29.8. The molecule has 18 heteroatoms. The molecule has 0 saturated carbocycles. The highest BCUT2D eigenvalue weighted by atomic mass is 79.9. The number of hydrogen-bond donors (Lipinski definition) is 0. The molecule has 82 heavy (non-hydrogen) atoms. The molecule has 0 bridgehead atoms. The van der Waals surface area contributed by atoms with Crippen molar-refractivity contribution < 1.29 is 52.3 Å². The van der Waals surface area contributed by atoms with Crippen molar-refractivity contribution >= 4 is 33.9 Å². The topological polar surface area (TPSA) is 144 Å². The SMILES string of the molecule is CC/C=C/CBr.CCCC1C=C2N(Cc3cc(OC)cc(OC)c31)C(=O)N(CC)C21CCN(Cc2cc(OC)cc(OC)c2)CC1.CCN1C(=O)N(Cc2cc(OC)cc(OC)c2)C(=O)C12CCN(Cc1cc(OC)cc(OC)c1)CC2. The molecule has 446 valence electrons. The molecule has 9 rings (SSSR count). The Bertz CT molecular complexity index is 2810. The van der Waals surface area contributed by atoms with E-state index in [9.17, 15) is 14.4 Å². The predicted molar refractivity (Wildman–Crippen MR) is 323 cm³/mol. The molecule has 5 aliphatic heterocycles. The summed E-state index contributed by atoms with van der Waals surface area (Å²) in [7, 11) is 13.2. The second kappa shape index (κ2) is 29.1. The summed E-state index contributed by atoms with van der Waals surface area (Å²) in [6, 6.07) is 21.2. The number of benzene rings is 4. The number of likely N-dealkylation sites (N-methyl/N-ethyl adjacent to an activating group) is 2. The van der Waals surface area contributed by atoms with Crippen LogP contribution in [0.15, 0.2) is 90.7 Å². The quantitative estimate of drug-likeness (QED) is 0.0471. The lowest BCUT2D eigenvalue weighted by molar-refractivity contribution is -0.136. The van der Waals surface area contributed by atoms with E-state index in [0.29, 0.717) is 63.6 Å². The van der Waals surface area contributed by atoms with E-state index >= 15 is 0 Å². The molecule has 0 N–H and O–H groups in total. The number of amides is 5. The first kappa shape index (κ1) is 63.0. The third-order valence-corrected chi connectivity index (χ3v) is 16.9. The number of imide groups is 1. The number of halogens is 1. The minimum atomic E-state index is -0.808. The molecular weight excluding hydrogens is 1110 g/mol. The number of carbonyl (C=O) groups excluding carboxylic acids is 3. The number of ether oxygens (including phenoxy) is 8. The second-order valence-corrected chi connectivity index (χ2v) is 21.8. The van der Waals surface area contributed by atoms with Crippen LogP contribution < -0.4 is 37.9 Å². The van der Waals surface area contributed by atoms with Crippen LogP contribution >= 0.6 is 15.9 Å². The zero-order chi connectivity index (χ0) is 59.1. The minimum Gasteiger partial charge on any atom is -0.497 e. The third kappa shape index (κ3) is 13.7. The van der Waals surface area contributed by atoms with Crippen LogP contribution in [0.3, 0.4) is 0 Å². The van der Waals surface area contributed by atoms with E-state index in [1.807, 2.05) is 54.3 Å². The van der Waals surface area contributed by atoms with Crippen LogP contribution in [0, 0.1) is 0 Å². The van der Waals surface area contributed by atoms with E-state index in [1.54, 1.807) is 67.8 Å². The van der Waals surface area contributed by atoms with Gasteiger partial charge in [0.1, 0.15) is 51.5 Å². The fourth-order valence-electron chi connectivity index (χ4n) is 12.5. The fourth-order valence-corrected chi connectivity index (χ4v) is 12.7. The summed E-state index contributed by atoms with van der Waals surface area (Å²) in [6.07, 6.45) is 12.8. The molecule has 4 aromatic rings. The third-order valence-electron chi connectivity index (χ3n) is 16.6. The Balaban J connectivity index is 0.000000216. The molecule has 4 aromatic carbocycles. The van der Waals surface area contributed by atoms with Gasteiger partial charge in [0.25, 0.3) is 5.91 Å². The smallest absolute Gasteiger partial charge is 0.327 e. The fraction of sp³-hybridized carbons (Fsp3) is 0.516. The zero-order valence-corrected chi connectivity index (χ0v) is 52.0. The van der Waals surface area contributed by atoms with Crippen molar-refractivity contribution in [3.63, 3.8) is 0 Å². The van der Waals surface area contributed by atoms with Crippen LogP contribution in [0.2, 0.25) is 0 Å². The van der Waals surface area contributed by atoms with Crippen LogP contribution in [-0.4, -0.2) is 160 Å². The number of rotatable bonds is 20. The maximum atomic E-state index is 14.0. The Kier molecular flexibility index (Phi) is 22.3. The van der Waals surface area contributed by atoms with Crippen LogP contribution in [0.4, 0.5) is 9.59 Å². The molecule has 5 aliphatic rings. The van der Waals surface area contributed by atoms with Gasteiger partial charge in [0, 0.05) is 99.1 Å². The van der Waals surface area contributed by atoms with Gasteiger partial charge in [0.15, 0.2) is 0 Å². The highest BCUT2D eigenvalue weighted by Crippen LogP contribution is 2.50. The van der Waals surface area contributed by atoms with Crippen LogP contribution in [0.25, 0.3) is 0 Å². The first-order valence-electron chi connectivity index (χ1n) is 28.7. The minimum absolute atomic E-state index is 0.101. The standard InChI is InChI=1S/C32H43N3O5.C27H35N3O6.C5H9Br/c1-7-9-23-17-29-32(10-12-33(13-11-32)20-22-14-25(37-3)18-26(15-22)38-4)35(8-2)31(36)34(29)21-24-16-27(39-5)19-28(40-6)30(23)24;1-6-30-26(32)29(18-20-13-23(35-4)16-24(14-20)36-5)25(31)27(30)7-9-28(10-8-27)17-19-11-21(33-2)15-22(12-19)34-3;1-2-3-4-5-6/h14-19,23H,7-13,20-21H2,1-6H3;11-16H,6-10,17-18H2,1-5H3;3-4H,2,5H2,1H3/b;;4-3+. The predicted octanol–water partition coefficient (Wildman–Crippen LogP) is 11.7. The molecule has 1 atom stereocenters. The Morgan fingerprint density at radius 1 is 0.524 bits per heavy atom. The van der Waals surface area contributed by atoms with Crippen LogP contribution in [0.1, 0.15) is 106 Å². The highest BCUT2D eigenvalue weighted by molar-refractivity contribution is 9.09. The summed E-state index contributed by atoms with van der Waals surface area (Å²) in [6.45, 7) is 15.0. The maximum absolute atomic E-state index is 14.0. The number of piperidine rings is 2. The van der Waals surface area contributed by atoms with Crippen molar-refractivity contribution in [2.75, 3.05) is 101 Å². The van der Waals surface area contributed by atoms with E-state index in [1.165, 1.54) is 10.5 Å². The van der Waals surface area contributed by atoms with Crippen LogP contribution in [0.5, 0.6) is 46.0 Å². The summed E-state index contributed by atoms with van der Waals surface area (Å²) in [5, 5.41) is 0.987. The van der Waals surface area contributed by atoms with Crippen molar-refractivity contribution in [2.45, 2.75) is 116 Å². The molecule has 5 amide bonds. The van der Waals surface area contributed by atoms with Gasteiger partial charge < -0.3 is 47.7 Å². The molecule has 5 heterocycles. The lowest BCUT2D eigenvalue weighted by Crippen LogP contribution is -2.56. The molecule has 4 saturated heterocycles. The number of hydrogen-bond acceptors (Lipinski definition) is 13. The summed E-state index contributed by atoms with van der Waals surface area (Å²) >= 11 is 3.26. The molecule has 17 nitrogen and oxygen atoms in total. The number of urea groups is 2. The molecule has 2 spiro atoms. The molecule has 0 radical (unpaired) electrons. The van der Waals surface area contributed by atoms with Crippen molar-refractivity contribution in [1.29, 1.82) is 0 Å². The van der Waals surface area contributed by atoms with E-state index < -0.39 is 5.54 Å².